The molecule has 0 aliphatic heterocycles. The fourth-order valence-corrected chi connectivity index (χ4v) is 3.62. The smallest absolute Gasteiger partial charge is 0.151 e. The maximum Gasteiger partial charge on any atom is 0.151 e. The SMILES string of the molecule is CCOc1ccc(CCC(=O)C2C(=O)CC(c3ccccc3)CC2=O)cc1. The molecule has 0 N–H and O–H groups in total. The third kappa shape index (κ3) is 4.70. The van der Waals surface area contributed by atoms with Gasteiger partial charge in [0.2, 0.25) is 0 Å². The van der Waals surface area contributed by atoms with E-state index in [1.54, 1.807) is 0 Å². The van der Waals surface area contributed by atoms with Gasteiger partial charge >= 0.3 is 0 Å². The van der Waals surface area contributed by atoms with Crippen molar-refractivity contribution in [3.63, 3.8) is 0 Å². The Kier molecular flexibility index (Phi) is 6.17. The van der Waals surface area contributed by atoms with Gasteiger partial charge in [-0.05, 0) is 42.5 Å². The molecule has 0 spiro atoms. The van der Waals surface area contributed by atoms with Crippen molar-refractivity contribution in [3.8, 4) is 5.75 Å². The summed E-state index contributed by atoms with van der Waals surface area (Å²) in [5.74, 6) is -1.13. The number of ether oxygens (including phenoxy) is 1. The van der Waals surface area contributed by atoms with Crippen LogP contribution in [0.25, 0.3) is 0 Å². The lowest BCUT2D eigenvalue weighted by molar-refractivity contribution is -0.142. The van der Waals surface area contributed by atoms with E-state index < -0.39 is 5.92 Å². The molecule has 4 nitrogen and oxygen atoms in total. The minimum Gasteiger partial charge on any atom is -0.494 e. The van der Waals surface area contributed by atoms with Crippen LogP contribution in [-0.4, -0.2) is 24.0 Å². The fraction of sp³-hybridized carbons (Fsp3) is 0.348. The lowest BCUT2D eigenvalue weighted by atomic mass is 9.74. The Morgan fingerprint density at radius 1 is 0.963 bits per heavy atom. The quantitative estimate of drug-likeness (QED) is 0.699. The molecule has 27 heavy (non-hydrogen) atoms. The Hall–Kier alpha value is -2.75. The first-order chi connectivity index (χ1) is 13.1. The highest BCUT2D eigenvalue weighted by atomic mass is 16.5. The van der Waals surface area contributed by atoms with E-state index in [-0.39, 0.29) is 42.5 Å². The summed E-state index contributed by atoms with van der Waals surface area (Å²) in [5.41, 5.74) is 1.98. The highest BCUT2D eigenvalue weighted by Gasteiger charge is 2.39. The second kappa shape index (κ2) is 8.76. The third-order valence-electron chi connectivity index (χ3n) is 5.03. The number of ketones is 3. The molecule has 2 aromatic carbocycles. The molecule has 0 saturated heterocycles. The predicted molar refractivity (Wildman–Crippen MR) is 103 cm³/mol. The summed E-state index contributed by atoms with van der Waals surface area (Å²) in [6.45, 7) is 2.53. The molecule has 0 unspecified atom stereocenters. The molecule has 0 atom stereocenters. The number of carbonyl (C=O) groups is 3. The molecule has 0 radical (unpaired) electrons. The molecule has 2 aromatic rings. The summed E-state index contributed by atoms with van der Waals surface area (Å²) < 4.78 is 5.40. The zero-order chi connectivity index (χ0) is 19.2. The molecule has 0 amide bonds. The van der Waals surface area contributed by atoms with Gasteiger partial charge in [-0.25, -0.2) is 0 Å². The number of benzene rings is 2. The average molecular weight is 364 g/mol. The fourth-order valence-electron chi connectivity index (χ4n) is 3.62. The molecule has 0 heterocycles. The molecule has 1 aliphatic carbocycles. The van der Waals surface area contributed by atoms with Gasteiger partial charge in [0, 0.05) is 19.3 Å². The van der Waals surface area contributed by atoms with Crippen LogP contribution in [0.15, 0.2) is 54.6 Å². The lowest BCUT2D eigenvalue weighted by Gasteiger charge is -2.26. The van der Waals surface area contributed by atoms with E-state index in [1.165, 1.54) is 0 Å². The number of carbonyl (C=O) groups excluding carboxylic acids is 3. The highest BCUT2D eigenvalue weighted by Crippen LogP contribution is 2.32. The summed E-state index contributed by atoms with van der Waals surface area (Å²) in [6.07, 6.45) is 1.24. The number of aryl methyl sites for hydroxylation is 1. The number of Topliss-reactive ketones (excluding diaryl/α,β-unsaturated/α-hetero) is 3. The summed E-state index contributed by atoms with van der Waals surface area (Å²) in [6, 6.07) is 17.1. The Bertz CT molecular complexity index is 790. The van der Waals surface area contributed by atoms with Gasteiger partial charge in [-0.1, -0.05) is 42.5 Å². The van der Waals surface area contributed by atoms with Crippen molar-refractivity contribution in [2.24, 2.45) is 5.92 Å². The van der Waals surface area contributed by atoms with Gasteiger partial charge in [-0.2, -0.15) is 0 Å². The van der Waals surface area contributed by atoms with Gasteiger partial charge in [-0.3, -0.25) is 14.4 Å². The van der Waals surface area contributed by atoms with Crippen LogP contribution in [0.3, 0.4) is 0 Å². The first-order valence-corrected chi connectivity index (χ1v) is 9.43. The van der Waals surface area contributed by atoms with Crippen LogP contribution in [0.1, 0.15) is 43.2 Å². The Morgan fingerprint density at radius 3 is 2.19 bits per heavy atom. The molecule has 1 fully saturated rings. The standard InChI is InChI=1S/C23H24O4/c1-2-27-19-11-8-16(9-12-19)10-13-20(24)23-21(25)14-18(15-22(23)26)17-6-4-3-5-7-17/h3-9,11-12,18,23H,2,10,13-15H2,1H3. The van der Waals surface area contributed by atoms with Crippen LogP contribution >= 0.6 is 0 Å². The zero-order valence-corrected chi connectivity index (χ0v) is 15.5. The molecule has 4 heteroatoms. The minimum absolute atomic E-state index is 0.110. The first-order valence-electron chi connectivity index (χ1n) is 9.43. The van der Waals surface area contributed by atoms with Crippen molar-refractivity contribution in [3.05, 3.63) is 65.7 Å². The number of rotatable bonds is 7. The maximum atomic E-state index is 12.5. The highest BCUT2D eigenvalue weighted by molar-refractivity contribution is 6.21. The normalized spacial score (nSPS) is 19.7. The second-order valence-electron chi connectivity index (χ2n) is 6.92. The monoisotopic (exact) mass is 364 g/mol. The predicted octanol–water partition coefficient (Wildman–Crippen LogP) is 3.92. The van der Waals surface area contributed by atoms with E-state index in [0.717, 1.165) is 16.9 Å². The molecular weight excluding hydrogens is 340 g/mol. The van der Waals surface area contributed by atoms with E-state index >= 15 is 0 Å². The van der Waals surface area contributed by atoms with Crippen LogP contribution in [0, 0.1) is 5.92 Å². The van der Waals surface area contributed by atoms with Crippen molar-refractivity contribution < 1.29 is 19.1 Å². The van der Waals surface area contributed by atoms with Crippen molar-refractivity contribution in [2.75, 3.05) is 6.61 Å². The summed E-state index contributed by atoms with van der Waals surface area (Å²) in [5, 5.41) is 0. The van der Waals surface area contributed by atoms with Gasteiger partial charge in [0.1, 0.15) is 11.7 Å². The first kappa shape index (κ1) is 19.0. The molecule has 0 bridgehead atoms. The van der Waals surface area contributed by atoms with Crippen LogP contribution in [0.4, 0.5) is 0 Å². The summed E-state index contributed by atoms with van der Waals surface area (Å²) >= 11 is 0. The topological polar surface area (TPSA) is 60.4 Å². The van der Waals surface area contributed by atoms with Gasteiger partial charge in [0.25, 0.3) is 0 Å². The van der Waals surface area contributed by atoms with Crippen molar-refractivity contribution in [1.29, 1.82) is 0 Å². The number of hydrogen-bond acceptors (Lipinski definition) is 4. The van der Waals surface area contributed by atoms with E-state index in [9.17, 15) is 14.4 Å². The molecule has 1 aliphatic rings. The summed E-state index contributed by atoms with van der Waals surface area (Å²) in [4.78, 5) is 37.5. The van der Waals surface area contributed by atoms with E-state index in [1.807, 2.05) is 61.5 Å². The zero-order valence-electron chi connectivity index (χ0n) is 15.5. The van der Waals surface area contributed by atoms with Crippen LogP contribution in [0.5, 0.6) is 5.75 Å². The third-order valence-corrected chi connectivity index (χ3v) is 5.03. The van der Waals surface area contributed by atoms with Crippen molar-refractivity contribution >= 4 is 17.3 Å². The molecule has 1 saturated carbocycles. The average Bonchev–Trinajstić information content (AvgIpc) is 2.68. The van der Waals surface area contributed by atoms with Gasteiger partial charge in [0.15, 0.2) is 17.3 Å². The molecule has 140 valence electrons. The van der Waals surface area contributed by atoms with Crippen molar-refractivity contribution in [2.45, 2.75) is 38.5 Å². The minimum atomic E-state index is -1.08. The molecule has 3 rings (SSSR count). The van der Waals surface area contributed by atoms with Crippen LogP contribution in [0.2, 0.25) is 0 Å². The van der Waals surface area contributed by atoms with Gasteiger partial charge in [-0.15, -0.1) is 0 Å². The van der Waals surface area contributed by atoms with E-state index in [0.29, 0.717) is 13.0 Å². The number of hydrogen-bond donors (Lipinski definition) is 0. The van der Waals surface area contributed by atoms with Crippen LogP contribution < -0.4 is 4.74 Å². The second-order valence-corrected chi connectivity index (χ2v) is 6.92. The maximum absolute atomic E-state index is 12.5. The lowest BCUT2D eigenvalue weighted by Crippen LogP contribution is -2.38. The summed E-state index contributed by atoms with van der Waals surface area (Å²) in [7, 11) is 0. The van der Waals surface area contributed by atoms with E-state index in [2.05, 4.69) is 0 Å². The van der Waals surface area contributed by atoms with Gasteiger partial charge < -0.3 is 4.74 Å². The van der Waals surface area contributed by atoms with Crippen molar-refractivity contribution in [1.82, 2.24) is 0 Å². The van der Waals surface area contributed by atoms with E-state index in [4.69, 9.17) is 4.74 Å². The Morgan fingerprint density at radius 2 is 1.59 bits per heavy atom. The van der Waals surface area contributed by atoms with Gasteiger partial charge in [0.05, 0.1) is 6.61 Å². The largest absolute Gasteiger partial charge is 0.494 e. The Balaban J connectivity index is 1.58. The van der Waals surface area contributed by atoms with Crippen LogP contribution in [-0.2, 0) is 20.8 Å². The Labute approximate surface area is 159 Å². The molecular formula is C23H24O4. The molecule has 0 aromatic heterocycles.